The van der Waals surface area contributed by atoms with E-state index in [2.05, 4.69) is 15.5 Å². The van der Waals surface area contributed by atoms with Gasteiger partial charge in [0.05, 0.1) is 12.6 Å². The van der Waals surface area contributed by atoms with E-state index < -0.39 is 6.10 Å². The molecule has 0 spiro atoms. The lowest BCUT2D eigenvalue weighted by molar-refractivity contribution is -0.122. The molecule has 1 rings (SSSR count). The van der Waals surface area contributed by atoms with Crippen LogP contribution in [-0.2, 0) is 4.79 Å². The van der Waals surface area contributed by atoms with E-state index in [9.17, 15) is 4.79 Å². The van der Waals surface area contributed by atoms with Crippen LogP contribution in [0.5, 0.6) is 0 Å². The molecule has 1 heterocycles. The van der Waals surface area contributed by atoms with E-state index in [0.29, 0.717) is 13.1 Å². The van der Waals surface area contributed by atoms with Gasteiger partial charge in [-0.3, -0.25) is 9.69 Å². The van der Waals surface area contributed by atoms with Crippen molar-refractivity contribution in [3.63, 3.8) is 0 Å². The van der Waals surface area contributed by atoms with Crippen molar-refractivity contribution in [1.82, 2.24) is 15.5 Å². The van der Waals surface area contributed by atoms with Gasteiger partial charge < -0.3 is 15.7 Å². The Morgan fingerprint density at radius 1 is 1.57 bits per heavy atom. The molecular weight excluding hydrogens is 182 g/mol. The number of hydrogen-bond acceptors (Lipinski definition) is 4. The molecule has 5 nitrogen and oxygen atoms in total. The predicted octanol–water partition coefficient (Wildman–Crippen LogP) is -1.61. The summed E-state index contributed by atoms with van der Waals surface area (Å²) >= 11 is 0. The first kappa shape index (κ1) is 11.4. The summed E-state index contributed by atoms with van der Waals surface area (Å²) < 4.78 is 0. The van der Waals surface area contributed by atoms with E-state index in [4.69, 9.17) is 5.11 Å². The van der Waals surface area contributed by atoms with Crippen molar-refractivity contribution < 1.29 is 9.90 Å². The summed E-state index contributed by atoms with van der Waals surface area (Å²) in [5.74, 6) is -0.00667. The maximum atomic E-state index is 11.3. The molecule has 0 aliphatic carbocycles. The normalized spacial score (nSPS) is 20.4. The summed E-state index contributed by atoms with van der Waals surface area (Å²) in [5, 5.41) is 14.9. The van der Waals surface area contributed by atoms with Gasteiger partial charge in [0, 0.05) is 32.7 Å². The topological polar surface area (TPSA) is 64.6 Å². The maximum absolute atomic E-state index is 11.3. The highest BCUT2D eigenvalue weighted by atomic mass is 16.3. The summed E-state index contributed by atoms with van der Waals surface area (Å²) in [6.45, 7) is 6.17. The number of carbonyl (C=O) groups excluding carboxylic acids is 1. The number of aliphatic hydroxyl groups excluding tert-OH is 1. The third-order valence-corrected chi connectivity index (χ3v) is 2.17. The van der Waals surface area contributed by atoms with Crippen LogP contribution in [0.3, 0.4) is 0 Å². The smallest absolute Gasteiger partial charge is 0.234 e. The SMILES string of the molecule is CC(O)CNC(=O)CN1CCNCC1. The zero-order valence-corrected chi connectivity index (χ0v) is 8.62. The lowest BCUT2D eigenvalue weighted by Crippen LogP contribution is -2.48. The molecule has 1 aliphatic rings. The molecule has 0 radical (unpaired) electrons. The van der Waals surface area contributed by atoms with E-state index in [1.165, 1.54) is 0 Å². The summed E-state index contributed by atoms with van der Waals surface area (Å²) in [7, 11) is 0. The fraction of sp³-hybridized carbons (Fsp3) is 0.889. The Kier molecular flexibility index (Phi) is 4.86. The quantitative estimate of drug-likeness (QED) is 0.512. The van der Waals surface area contributed by atoms with Gasteiger partial charge in [0.2, 0.25) is 5.91 Å². The second-order valence-electron chi connectivity index (χ2n) is 3.68. The highest BCUT2D eigenvalue weighted by molar-refractivity contribution is 5.78. The summed E-state index contributed by atoms with van der Waals surface area (Å²) in [6, 6.07) is 0. The molecule has 0 aromatic heterocycles. The van der Waals surface area contributed by atoms with Crippen LogP contribution >= 0.6 is 0 Å². The minimum Gasteiger partial charge on any atom is -0.392 e. The van der Waals surface area contributed by atoms with Crippen LogP contribution in [0.1, 0.15) is 6.92 Å². The van der Waals surface area contributed by atoms with Crippen molar-refractivity contribution in [3.05, 3.63) is 0 Å². The first-order chi connectivity index (χ1) is 6.68. The molecular formula is C9H19N3O2. The van der Waals surface area contributed by atoms with Crippen LogP contribution in [0.25, 0.3) is 0 Å². The molecule has 0 bridgehead atoms. The minimum absolute atomic E-state index is 0.00667. The lowest BCUT2D eigenvalue weighted by Gasteiger charge is -2.26. The standard InChI is InChI=1S/C9H19N3O2/c1-8(13)6-11-9(14)7-12-4-2-10-3-5-12/h8,10,13H,2-7H2,1H3,(H,11,14). The van der Waals surface area contributed by atoms with Crippen molar-refractivity contribution >= 4 is 5.91 Å². The van der Waals surface area contributed by atoms with Gasteiger partial charge in [0.15, 0.2) is 0 Å². The molecule has 1 saturated heterocycles. The monoisotopic (exact) mass is 201 g/mol. The van der Waals surface area contributed by atoms with Crippen LogP contribution in [0.2, 0.25) is 0 Å². The zero-order valence-electron chi connectivity index (χ0n) is 8.62. The molecule has 14 heavy (non-hydrogen) atoms. The first-order valence-corrected chi connectivity index (χ1v) is 5.06. The minimum atomic E-state index is -0.470. The van der Waals surface area contributed by atoms with E-state index in [1.807, 2.05) is 0 Å². The summed E-state index contributed by atoms with van der Waals surface area (Å²) in [6.07, 6.45) is -0.470. The molecule has 0 saturated carbocycles. The van der Waals surface area contributed by atoms with Gasteiger partial charge in [-0.25, -0.2) is 0 Å². The van der Waals surface area contributed by atoms with Crippen LogP contribution in [0.15, 0.2) is 0 Å². The highest BCUT2D eigenvalue weighted by Gasteiger charge is 2.13. The predicted molar refractivity (Wildman–Crippen MR) is 54.0 cm³/mol. The highest BCUT2D eigenvalue weighted by Crippen LogP contribution is 1.90. The molecule has 0 aromatic rings. The Hall–Kier alpha value is -0.650. The van der Waals surface area contributed by atoms with Crippen molar-refractivity contribution in [3.8, 4) is 0 Å². The first-order valence-electron chi connectivity index (χ1n) is 5.06. The van der Waals surface area contributed by atoms with Gasteiger partial charge >= 0.3 is 0 Å². The molecule has 82 valence electrons. The van der Waals surface area contributed by atoms with Crippen LogP contribution in [-0.4, -0.2) is 61.3 Å². The summed E-state index contributed by atoms with van der Waals surface area (Å²) in [5.41, 5.74) is 0. The number of aliphatic hydroxyl groups is 1. The van der Waals surface area contributed by atoms with E-state index in [1.54, 1.807) is 6.92 Å². The zero-order chi connectivity index (χ0) is 10.4. The summed E-state index contributed by atoms with van der Waals surface area (Å²) in [4.78, 5) is 13.4. The van der Waals surface area contributed by atoms with Crippen LogP contribution in [0, 0.1) is 0 Å². The molecule has 1 unspecified atom stereocenters. The molecule has 1 atom stereocenters. The van der Waals surface area contributed by atoms with Gasteiger partial charge in [-0.1, -0.05) is 0 Å². The Morgan fingerprint density at radius 3 is 2.79 bits per heavy atom. The Bertz CT molecular complexity index is 179. The van der Waals surface area contributed by atoms with Crippen LogP contribution < -0.4 is 10.6 Å². The number of carbonyl (C=O) groups is 1. The molecule has 1 aliphatic heterocycles. The van der Waals surface area contributed by atoms with Gasteiger partial charge in [0.1, 0.15) is 0 Å². The second-order valence-corrected chi connectivity index (χ2v) is 3.68. The average Bonchev–Trinajstić information content (AvgIpc) is 2.16. The van der Waals surface area contributed by atoms with E-state index in [0.717, 1.165) is 26.2 Å². The molecule has 0 aromatic carbocycles. The van der Waals surface area contributed by atoms with Gasteiger partial charge in [-0.2, -0.15) is 0 Å². The lowest BCUT2D eigenvalue weighted by atomic mass is 10.3. The number of amides is 1. The Balaban J connectivity index is 2.12. The fourth-order valence-corrected chi connectivity index (χ4v) is 1.39. The van der Waals surface area contributed by atoms with Crippen LogP contribution in [0.4, 0.5) is 0 Å². The van der Waals surface area contributed by atoms with Crippen molar-refractivity contribution in [2.45, 2.75) is 13.0 Å². The Morgan fingerprint density at radius 2 is 2.21 bits per heavy atom. The maximum Gasteiger partial charge on any atom is 0.234 e. The number of rotatable bonds is 4. The molecule has 3 N–H and O–H groups in total. The second kappa shape index (κ2) is 5.95. The average molecular weight is 201 g/mol. The number of piperazine rings is 1. The largest absolute Gasteiger partial charge is 0.392 e. The molecule has 1 amide bonds. The fourth-order valence-electron chi connectivity index (χ4n) is 1.39. The molecule has 1 fully saturated rings. The molecule has 5 heteroatoms. The third-order valence-electron chi connectivity index (χ3n) is 2.17. The van der Waals surface area contributed by atoms with E-state index >= 15 is 0 Å². The number of nitrogens with one attached hydrogen (secondary N) is 2. The van der Waals surface area contributed by atoms with Crippen molar-refractivity contribution in [2.75, 3.05) is 39.3 Å². The van der Waals surface area contributed by atoms with Crippen molar-refractivity contribution in [2.24, 2.45) is 0 Å². The number of nitrogens with zero attached hydrogens (tertiary/aromatic N) is 1. The number of hydrogen-bond donors (Lipinski definition) is 3. The van der Waals surface area contributed by atoms with E-state index in [-0.39, 0.29) is 5.91 Å². The third kappa shape index (κ3) is 4.55. The Labute approximate surface area is 84.5 Å². The van der Waals surface area contributed by atoms with Gasteiger partial charge in [0.25, 0.3) is 0 Å². The van der Waals surface area contributed by atoms with Gasteiger partial charge in [-0.15, -0.1) is 0 Å². The van der Waals surface area contributed by atoms with Gasteiger partial charge in [-0.05, 0) is 6.92 Å². The van der Waals surface area contributed by atoms with Crippen molar-refractivity contribution in [1.29, 1.82) is 0 Å².